The molecule has 1 saturated heterocycles. The molecule has 0 radical (unpaired) electrons. The van der Waals surface area contributed by atoms with Crippen molar-refractivity contribution in [3.63, 3.8) is 0 Å². The fraction of sp³-hybridized carbons (Fsp3) is 0.750. The SMILES string of the molecule is CCCC=CCCCCCCCCCCCCCO[C@@H]1O[C@H](CO)[C@H](O)[C@H](OC(=O)c2ccccc2)[C@H]1OCCC(C(=O)OC(C)(C)C)C(=O)OC(C)(C)C. The highest BCUT2D eigenvalue weighted by Crippen LogP contribution is 2.29. The standard InChI is InChI=1S/C44H72O11/c1-8-9-10-11-12-13-14-15-16-17-18-19-20-21-22-26-30-51-42-38(37(36(46)35(32-45)52-42)53-39(47)33-27-24-23-25-28-33)50-31-29-34(40(48)54-43(2,3)4)41(49)55-44(5,6)7/h10-11,23-25,27-28,34-38,42,45-46H,8-9,12-22,26,29-32H2,1-7H3/t35-,36+,37+,38-,42-/m1/s1. The third-order valence-electron chi connectivity index (χ3n) is 9.07. The van der Waals surface area contributed by atoms with E-state index in [9.17, 15) is 24.6 Å². The zero-order valence-electron chi connectivity index (χ0n) is 34.8. The molecule has 314 valence electrons. The molecule has 0 spiro atoms. The van der Waals surface area contributed by atoms with Gasteiger partial charge in [0.1, 0.15) is 29.5 Å². The van der Waals surface area contributed by atoms with Gasteiger partial charge in [-0.1, -0.05) is 101 Å². The zero-order valence-corrected chi connectivity index (χ0v) is 34.8. The highest BCUT2D eigenvalue weighted by molar-refractivity contribution is 5.95. The fourth-order valence-electron chi connectivity index (χ4n) is 6.21. The van der Waals surface area contributed by atoms with Crippen LogP contribution in [0.1, 0.15) is 155 Å². The largest absolute Gasteiger partial charge is 0.459 e. The van der Waals surface area contributed by atoms with Crippen LogP contribution in [0.4, 0.5) is 0 Å². The summed E-state index contributed by atoms with van der Waals surface area (Å²) in [5, 5.41) is 21.3. The molecule has 1 heterocycles. The van der Waals surface area contributed by atoms with Gasteiger partial charge in [0.05, 0.1) is 12.2 Å². The van der Waals surface area contributed by atoms with Gasteiger partial charge in [-0.2, -0.15) is 0 Å². The van der Waals surface area contributed by atoms with Crippen molar-refractivity contribution in [3.8, 4) is 0 Å². The number of benzene rings is 1. The molecular formula is C44H72O11. The molecule has 1 aromatic carbocycles. The van der Waals surface area contributed by atoms with E-state index in [2.05, 4.69) is 19.1 Å². The third-order valence-corrected chi connectivity index (χ3v) is 9.07. The quantitative estimate of drug-likeness (QED) is 0.0307. The number of hydrogen-bond donors (Lipinski definition) is 2. The number of carbonyl (C=O) groups is 3. The fourth-order valence-corrected chi connectivity index (χ4v) is 6.21. The van der Waals surface area contributed by atoms with Gasteiger partial charge in [-0.15, -0.1) is 0 Å². The van der Waals surface area contributed by atoms with Crippen molar-refractivity contribution >= 4 is 17.9 Å². The second kappa shape index (κ2) is 26.2. The van der Waals surface area contributed by atoms with E-state index in [0.29, 0.717) is 6.61 Å². The number of hydrogen-bond acceptors (Lipinski definition) is 11. The van der Waals surface area contributed by atoms with Crippen molar-refractivity contribution in [1.82, 2.24) is 0 Å². The summed E-state index contributed by atoms with van der Waals surface area (Å²) in [6.07, 6.45) is 14.8. The summed E-state index contributed by atoms with van der Waals surface area (Å²) in [4.78, 5) is 39.5. The number of allylic oxidation sites excluding steroid dienone is 2. The van der Waals surface area contributed by atoms with Gasteiger partial charge >= 0.3 is 17.9 Å². The molecule has 5 atom stereocenters. The Morgan fingerprint density at radius 2 is 1.25 bits per heavy atom. The minimum Gasteiger partial charge on any atom is -0.459 e. The average molecular weight is 777 g/mol. The van der Waals surface area contributed by atoms with E-state index in [4.69, 9.17) is 28.4 Å². The minimum absolute atomic E-state index is 0.122. The van der Waals surface area contributed by atoms with Crippen molar-refractivity contribution in [2.75, 3.05) is 19.8 Å². The Morgan fingerprint density at radius 1 is 0.727 bits per heavy atom. The van der Waals surface area contributed by atoms with Crippen molar-refractivity contribution in [2.45, 2.75) is 187 Å². The van der Waals surface area contributed by atoms with Gasteiger partial charge in [0, 0.05) is 13.2 Å². The first-order chi connectivity index (χ1) is 26.2. The molecular weight excluding hydrogens is 704 g/mol. The van der Waals surface area contributed by atoms with Gasteiger partial charge in [-0.3, -0.25) is 9.59 Å². The Morgan fingerprint density at radius 3 is 1.78 bits per heavy atom. The van der Waals surface area contributed by atoms with E-state index >= 15 is 0 Å². The molecule has 0 aliphatic carbocycles. The van der Waals surface area contributed by atoms with Crippen LogP contribution in [0.15, 0.2) is 42.5 Å². The van der Waals surface area contributed by atoms with Crippen LogP contribution in [0.2, 0.25) is 0 Å². The first-order valence-electron chi connectivity index (χ1n) is 20.7. The smallest absolute Gasteiger partial charge is 0.338 e. The van der Waals surface area contributed by atoms with E-state index in [1.807, 2.05) is 0 Å². The van der Waals surface area contributed by atoms with Gasteiger partial charge in [-0.25, -0.2) is 4.79 Å². The Labute approximate surface area is 330 Å². The highest BCUT2D eigenvalue weighted by Gasteiger charge is 2.49. The number of carbonyl (C=O) groups excluding carboxylic acids is 3. The number of esters is 3. The summed E-state index contributed by atoms with van der Waals surface area (Å²) >= 11 is 0. The Bertz CT molecular complexity index is 1210. The van der Waals surface area contributed by atoms with Gasteiger partial charge in [-0.05, 0) is 85.8 Å². The third kappa shape index (κ3) is 20.2. The van der Waals surface area contributed by atoms with Crippen molar-refractivity contribution in [1.29, 1.82) is 0 Å². The van der Waals surface area contributed by atoms with Crippen molar-refractivity contribution in [2.24, 2.45) is 5.92 Å². The molecule has 0 amide bonds. The van der Waals surface area contributed by atoms with E-state index in [1.165, 1.54) is 64.2 Å². The van der Waals surface area contributed by atoms with Crippen LogP contribution in [0.3, 0.4) is 0 Å². The van der Waals surface area contributed by atoms with Crippen LogP contribution in [0.5, 0.6) is 0 Å². The molecule has 1 aromatic rings. The van der Waals surface area contributed by atoms with E-state index in [1.54, 1.807) is 71.9 Å². The van der Waals surface area contributed by atoms with E-state index < -0.39 is 72.3 Å². The summed E-state index contributed by atoms with van der Waals surface area (Å²) in [6.45, 7) is 12.0. The average Bonchev–Trinajstić information content (AvgIpc) is 3.11. The number of aliphatic hydroxyl groups excluding tert-OH is 2. The molecule has 0 saturated carbocycles. The summed E-state index contributed by atoms with van der Waals surface area (Å²) < 4.78 is 35.2. The number of unbranched alkanes of at least 4 members (excludes halogenated alkanes) is 12. The second-order valence-electron chi connectivity index (χ2n) is 16.5. The highest BCUT2D eigenvalue weighted by atomic mass is 16.7. The molecule has 0 aromatic heterocycles. The Balaban J connectivity index is 2.00. The van der Waals surface area contributed by atoms with Gasteiger partial charge in [0.25, 0.3) is 0 Å². The molecule has 11 heteroatoms. The maximum absolute atomic E-state index is 13.2. The molecule has 0 bridgehead atoms. The maximum Gasteiger partial charge on any atom is 0.338 e. The maximum atomic E-state index is 13.2. The summed E-state index contributed by atoms with van der Waals surface area (Å²) in [5.74, 6) is -3.52. The first-order valence-corrected chi connectivity index (χ1v) is 20.7. The van der Waals surface area contributed by atoms with Gasteiger partial charge < -0.3 is 38.6 Å². The molecule has 0 unspecified atom stereocenters. The lowest BCUT2D eigenvalue weighted by molar-refractivity contribution is -0.309. The van der Waals surface area contributed by atoms with Crippen LogP contribution in [-0.4, -0.2) is 89.8 Å². The predicted molar refractivity (Wildman–Crippen MR) is 212 cm³/mol. The van der Waals surface area contributed by atoms with Crippen molar-refractivity contribution < 1.29 is 53.0 Å². The monoisotopic (exact) mass is 777 g/mol. The van der Waals surface area contributed by atoms with Gasteiger partial charge in [0.15, 0.2) is 18.3 Å². The van der Waals surface area contributed by atoms with Crippen LogP contribution in [0, 0.1) is 5.92 Å². The summed E-state index contributed by atoms with van der Waals surface area (Å²) in [6, 6.07) is 8.32. The first kappa shape index (κ1) is 48.3. The molecule has 1 aliphatic rings. The molecule has 2 rings (SSSR count). The molecule has 55 heavy (non-hydrogen) atoms. The Kier molecular flexibility index (Phi) is 23.0. The number of rotatable bonds is 26. The molecule has 1 aliphatic heterocycles. The molecule has 1 fully saturated rings. The van der Waals surface area contributed by atoms with Crippen LogP contribution >= 0.6 is 0 Å². The summed E-state index contributed by atoms with van der Waals surface area (Å²) in [7, 11) is 0. The zero-order chi connectivity index (χ0) is 40.7. The minimum atomic E-state index is -1.46. The van der Waals surface area contributed by atoms with Crippen LogP contribution in [0.25, 0.3) is 0 Å². The predicted octanol–water partition coefficient (Wildman–Crippen LogP) is 8.42. The molecule has 2 N–H and O–H groups in total. The van der Waals surface area contributed by atoms with Gasteiger partial charge in [0.2, 0.25) is 0 Å². The molecule has 11 nitrogen and oxygen atoms in total. The summed E-state index contributed by atoms with van der Waals surface area (Å²) in [5.41, 5.74) is -1.43. The van der Waals surface area contributed by atoms with Crippen LogP contribution in [-0.2, 0) is 38.0 Å². The van der Waals surface area contributed by atoms with Crippen molar-refractivity contribution in [3.05, 3.63) is 48.0 Å². The normalized spacial score (nSPS) is 20.5. The topological polar surface area (TPSA) is 147 Å². The number of ether oxygens (including phenoxy) is 6. The lowest BCUT2D eigenvalue weighted by Crippen LogP contribution is -2.61. The number of aliphatic hydroxyl groups is 2. The second-order valence-corrected chi connectivity index (χ2v) is 16.5. The lowest BCUT2D eigenvalue weighted by Gasteiger charge is -2.43. The van der Waals surface area contributed by atoms with E-state index in [0.717, 1.165) is 25.7 Å². The van der Waals surface area contributed by atoms with E-state index in [-0.39, 0.29) is 18.6 Å². The lowest BCUT2D eigenvalue weighted by atomic mass is 9.98. The Hall–Kier alpha value is -2.83. The van der Waals surface area contributed by atoms with Crippen LogP contribution < -0.4 is 0 Å².